The molecular weight excluding hydrogens is 288 g/mol. The van der Waals surface area contributed by atoms with Crippen LogP contribution in [0.1, 0.15) is 42.5 Å². The third-order valence-electron chi connectivity index (χ3n) is 5.01. The van der Waals surface area contributed by atoms with E-state index in [0.717, 1.165) is 37.8 Å². The normalized spacial score (nSPS) is 28.4. The fraction of sp³-hybridized carbons (Fsp3) is 0.562. The van der Waals surface area contributed by atoms with E-state index < -0.39 is 17.5 Å². The fourth-order valence-corrected chi connectivity index (χ4v) is 3.73. The molecule has 2 heterocycles. The van der Waals surface area contributed by atoms with Crippen molar-refractivity contribution in [3.63, 3.8) is 0 Å². The average molecular weight is 309 g/mol. The lowest BCUT2D eigenvalue weighted by Crippen LogP contribution is -2.55. The minimum atomic E-state index is -0.787. The van der Waals surface area contributed by atoms with Crippen molar-refractivity contribution in [3.8, 4) is 0 Å². The van der Waals surface area contributed by atoms with Crippen LogP contribution in [0.5, 0.6) is 0 Å². The zero-order valence-electron chi connectivity index (χ0n) is 12.6. The zero-order chi connectivity index (χ0) is 15.9. The first-order valence-corrected chi connectivity index (χ1v) is 7.73. The number of nitrogens with one attached hydrogen (secondary N) is 1. The minimum Gasteiger partial charge on any atom is -0.396 e. The number of anilines is 1. The van der Waals surface area contributed by atoms with Crippen LogP contribution in [-0.2, 0) is 0 Å². The lowest BCUT2D eigenvalue weighted by molar-refractivity contribution is 0.0462. The van der Waals surface area contributed by atoms with Crippen molar-refractivity contribution in [1.82, 2.24) is 10.2 Å². The second-order valence-electron chi connectivity index (χ2n) is 6.40. The third kappa shape index (κ3) is 2.79. The van der Waals surface area contributed by atoms with E-state index in [-0.39, 0.29) is 17.3 Å². The van der Waals surface area contributed by atoms with E-state index in [4.69, 9.17) is 5.73 Å². The third-order valence-corrected chi connectivity index (χ3v) is 5.01. The molecule has 4 nitrogen and oxygen atoms in total. The van der Waals surface area contributed by atoms with Gasteiger partial charge in [-0.2, -0.15) is 0 Å². The summed E-state index contributed by atoms with van der Waals surface area (Å²) in [5.74, 6) is -2.12. The van der Waals surface area contributed by atoms with Crippen molar-refractivity contribution in [2.24, 2.45) is 0 Å². The smallest absolute Gasteiger partial charge is 0.254 e. The lowest BCUT2D eigenvalue weighted by Gasteiger charge is -2.47. The van der Waals surface area contributed by atoms with Crippen LogP contribution >= 0.6 is 0 Å². The largest absolute Gasteiger partial charge is 0.396 e. The van der Waals surface area contributed by atoms with Crippen LogP contribution in [0.25, 0.3) is 0 Å². The molecule has 6 heteroatoms. The van der Waals surface area contributed by atoms with E-state index in [1.165, 1.54) is 6.42 Å². The molecule has 0 saturated carbocycles. The van der Waals surface area contributed by atoms with E-state index in [0.29, 0.717) is 12.1 Å². The van der Waals surface area contributed by atoms with Gasteiger partial charge in [-0.05, 0) is 38.8 Å². The highest BCUT2D eigenvalue weighted by Gasteiger charge is 2.36. The first kappa shape index (κ1) is 15.2. The molecule has 3 N–H and O–H groups in total. The highest BCUT2D eigenvalue weighted by Crippen LogP contribution is 2.32. The number of nitrogen functional groups attached to an aromatic ring is 1. The Morgan fingerprint density at radius 3 is 2.50 bits per heavy atom. The Kier molecular flexibility index (Phi) is 4.04. The molecule has 0 aromatic heterocycles. The van der Waals surface area contributed by atoms with Gasteiger partial charge in [-0.15, -0.1) is 0 Å². The summed E-state index contributed by atoms with van der Waals surface area (Å²) < 4.78 is 27.3. The van der Waals surface area contributed by atoms with Crippen LogP contribution in [0.2, 0.25) is 0 Å². The Hall–Kier alpha value is -1.69. The Balaban J connectivity index is 1.71. The van der Waals surface area contributed by atoms with Crippen LogP contribution in [0, 0.1) is 11.6 Å². The molecule has 22 heavy (non-hydrogen) atoms. The highest BCUT2D eigenvalue weighted by atomic mass is 19.1. The maximum absolute atomic E-state index is 13.8. The first-order chi connectivity index (χ1) is 10.5. The van der Waals surface area contributed by atoms with Gasteiger partial charge in [0.1, 0.15) is 11.6 Å². The number of nitrogens with two attached hydrogens (primary N) is 1. The van der Waals surface area contributed by atoms with Gasteiger partial charge in [0.15, 0.2) is 0 Å². The number of halogens is 2. The predicted molar refractivity (Wildman–Crippen MR) is 80.4 cm³/mol. The van der Waals surface area contributed by atoms with Gasteiger partial charge in [0.05, 0.1) is 11.3 Å². The van der Waals surface area contributed by atoms with Gasteiger partial charge < -0.3 is 16.0 Å². The van der Waals surface area contributed by atoms with Gasteiger partial charge in [0.25, 0.3) is 5.91 Å². The van der Waals surface area contributed by atoms with Crippen molar-refractivity contribution in [1.29, 1.82) is 0 Å². The second kappa shape index (κ2) is 5.83. The summed E-state index contributed by atoms with van der Waals surface area (Å²) >= 11 is 0. The molecule has 2 bridgehead atoms. The van der Waals surface area contributed by atoms with Crippen molar-refractivity contribution < 1.29 is 13.6 Å². The summed E-state index contributed by atoms with van der Waals surface area (Å²) in [6, 6.07) is 2.67. The number of nitrogens with zero attached hydrogens (tertiary/aromatic N) is 1. The Morgan fingerprint density at radius 2 is 1.86 bits per heavy atom. The number of rotatable bonds is 2. The molecule has 2 saturated heterocycles. The summed E-state index contributed by atoms with van der Waals surface area (Å²) in [6.45, 7) is 0. The maximum atomic E-state index is 13.8. The maximum Gasteiger partial charge on any atom is 0.254 e. The van der Waals surface area contributed by atoms with Crippen molar-refractivity contribution in [2.75, 3.05) is 12.8 Å². The molecule has 1 aromatic rings. The Bertz CT molecular complexity index is 579. The van der Waals surface area contributed by atoms with Gasteiger partial charge >= 0.3 is 0 Å². The molecule has 2 unspecified atom stereocenters. The number of hydrogen-bond donors (Lipinski definition) is 2. The van der Waals surface area contributed by atoms with E-state index in [9.17, 15) is 13.6 Å². The van der Waals surface area contributed by atoms with Crippen LogP contribution in [0.3, 0.4) is 0 Å². The van der Waals surface area contributed by atoms with E-state index in [1.807, 2.05) is 0 Å². The van der Waals surface area contributed by atoms with Crippen molar-refractivity contribution in [3.05, 3.63) is 29.3 Å². The van der Waals surface area contributed by atoms with Gasteiger partial charge in [-0.1, -0.05) is 6.42 Å². The number of carbonyl (C=O) groups excluding carboxylic acids is 1. The zero-order valence-corrected chi connectivity index (χ0v) is 12.6. The van der Waals surface area contributed by atoms with Crippen LogP contribution in [0.4, 0.5) is 14.5 Å². The predicted octanol–water partition coefficient (Wildman–Crippen LogP) is 2.29. The molecule has 2 fully saturated rings. The molecule has 0 radical (unpaired) electrons. The number of amides is 1. The second-order valence-corrected chi connectivity index (χ2v) is 6.40. The average Bonchev–Trinajstić information content (AvgIpc) is 2.44. The topological polar surface area (TPSA) is 58.4 Å². The molecule has 2 aliphatic rings. The quantitative estimate of drug-likeness (QED) is 0.824. The van der Waals surface area contributed by atoms with E-state index in [1.54, 1.807) is 0 Å². The molecule has 0 aliphatic carbocycles. The monoisotopic (exact) mass is 309 g/mol. The van der Waals surface area contributed by atoms with Crippen molar-refractivity contribution in [2.45, 2.75) is 50.2 Å². The summed E-state index contributed by atoms with van der Waals surface area (Å²) in [7, 11) is 2.13. The Morgan fingerprint density at radius 1 is 1.23 bits per heavy atom. The molecule has 2 atom stereocenters. The van der Waals surface area contributed by atoms with Crippen LogP contribution in [0.15, 0.2) is 12.1 Å². The number of carbonyl (C=O) groups is 1. The number of fused-ring (bicyclic) bond motifs is 2. The minimum absolute atomic E-state index is 0.0130. The number of benzene rings is 1. The van der Waals surface area contributed by atoms with E-state index in [2.05, 4.69) is 17.3 Å². The SMILES string of the molecule is CN1C2CCCC1CC(NC(=O)c1cc(F)c(N)cc1F)C2. The molecule has 3 rings (SSSR count). The molecule has 2 aliphatic heterocycles. The van der Waals surface area contributed by atoms with Crippen LogP contribution < -0.4 is 11.1 Å². The van der Waals surface area contributed by atoms with E-state index >= 15 is 0 Å². The summed E-state index contributed by atoms with van der Waals surface area (Å²) in [4.78, 5) is 14.6. The van der Waals surface area contributed by atoms with Gasteiger partial charge in [0, 0.05) is 24.2 Å². The molecule has 0 spiro atoms. The standard InChI is InChI=1S/C16H21F2N3O/c1-21-10-3-2-4-11(21)6-9(5-10)20-16(22)12-7-14(18)15(19)8-13(12)17/h7-11H,2-6,19H2,1H3,(H,20,22). The van der Waals surface area contributed by atoms with Crippen molar-refractivity contribution >= 4 is 11.6 Å². The molecule has 120 valence electrons. The van der Waals surface area contributed by atoms with Gasteiger partial charge in [0.2, 0.25) is 0 Å². The molecule has 1 aromatic carbocycles. The highest BCUT2D eigenvalue weighted by molar-refractivity contribution is 5.95. The summed E-state index contributed by atoms with van der Waals surface area (Å²) in [6.07, 6.45) is 5.20. The van der Waals surface area contributed by atoms with Gasteiger partial charge in [-0.25, -0.2) is 8.78 Å². The Labute approximate surface area is 128 Å². The summed E-state index contributed by atoms with van der Waals surface area (Å²) in [5, 5.41) is 2.86. The van der Waals surface area contributed by atoms with Crippen LogP contribution in [-0.4, -0.2) is 36.0 Å². The fourth-order valence-electron chi connectivity index (χ4n) is 3.73. The molecular formula is C16H21F2N3O. The lowest BCUT2D eigenvalue weighted by atomic mass is 9.82. The van der Waals surface area contributed by atoms with Gasteiger partial charge in [-0.3, -0.25) is 4.79 Å². The molecule has 1 amide bonds. The number of piperidine rings is 2. The number of hydrogen-bond acceptors (Lipinski definition) is 3. The summed E-state index contributed by atoms with van der Waals surface area (Å²) in [5.41, 5.74) is 4.73. The first-order valence-electron chi connectivity index (χ1n) is 7.73.